The van der Waals surface area contributed by atoms with Crippen LogP contribution in [0.1, 0.15) is 36.1 Å². The number of carbonyl (C=O) groups is 3. The van der Waals surface area contributed by atoms with Gasteiger partial charge in [0.15, 0.2) is 0 Å². The van der Waals surface area contributed by atoms with E-state index >= 15 is 0 Å². The van der Waals surface area contributed by atoms with Crippen molar-refractivity contribution in [2.24, 2.45) is 5.73 Å². The first-order chi connectivity index (χ1) is 17.8. The number of likely N-dealkylation sites (N-methyl/N-ethyl adjacent to an activating group) is 1. The van der Waals surface area contributed by atoms with Crippen molar-refractivity contribution >= 4 is 35.1 Å². The standard InChI is InChI=1S/C29H30ClN3O5/c1-17-23(30)15-14-22-25(17)32-26(35)29(22,18-6-10-20(11-7-18)37-24(34)16-33(4)5)19-8-12-21(13-9-19)38-27(36)28(2,3)31/h6-15H,16,31H2,1-5H3,(H,32,35). The monoisotopic (exact) mass is 535 g/mol. The molecule has 3 N–H and O–H groups in total. The number of carbonyl (C=O) groups excluding carboxylic acids is 3. The Morgan fingerprint density at radius 2 is 1.47 bits per heavy atom. The van der Waals surface area contributed by atoms with E-state index in [4.69, 9.17) is 26.8 Å². The highest BCUT2D eigenvalue weighted by Gasteiger charge is 2.50. The number of esters is 2. The van der Waals surface area contributed by atoms with E-state index in [0.717, 1.165) is 11.1 Å². The number of hydrogen-bond acceptors (Lipinski definition) is 7. The maximum atomic E-state index is 13.8. The number of halogens is 1. The lowest BCUT2D eigenvalue weighted by molar-refractivity contribution is -0.139. The predicted molar refractivity (Wildman–Crippen MR) is 146 cm³/mol. The van der Waals surface area contributed by atoms with Crippen LogP contribution in [0.25, 0.3) is 0 Å². The van der Waals surface area contributed by atoms with Crippen LogP contribution in [0.4, 0.5) is 5.69 Å². The van der Waals surface area contributed by atoms with E-state index in [2.05, 4.69) is 5.32 Å². The summed E-state index contributed by atoms with van der Waals surface area (Å²) in [5.74, 6) is -0.552. The largest absolute Gasteiger partial charge is 0.426 e. The Morgan fingerprint density at radius 1 is 0.947 bits per heavy atom. The molecule has 0 aliphatic carbocycles. The first-order valence-corrected chi connectivity index (χ1v) is 12.4. The van der Waals surface area contributed by atoms with Crippen molar-refractivity contribution in [2.45, 2.75) is 31.7 Å². The summed E-state index contributed by atoms with van der Waals surface area (Å²) in [6, 6.07) is 17.2. The number of nitrogens with zero attached hydrogens (tertiary/aromatic N) is 1. The van der Waals surface area contributed by atoms with E-state index in [1.54, 1.807) is 87.4 Å². The second-order valence-electron chi connectivity index (χ2n) is 10.2. The molecule has 1 heterocycles. The van der Waals surface area contributed by atoms with Crippen LogP contribution in [-0.2, 0) is 19.8 Å². The summed E-state index contributed by atoms with van der Waals surface area (Å²) in [6.45, 7) is 5.11. The molecular formula is C29H30ClN3O5. The fraction of sp³-hybridized carbons (Fsp3) is 0.276. The molecule has 1 amide bonds. The van der Waals surface area contributed by atoms with Crippen molar-refractivity contribution in [1.29, 1.82) is 0 Å². The Labute approximate surface area is 226 Å². The zero-order valence-electron chi connectivity index (χ0n) is 21.9. The van der Waals surface area contributed by atoms with Crippen LogP contribution in [0, 0.1) is 6.92 Å². The summed E-state index contributed by atoms with van der Waals surface area (Å²) in [5.41, 5.74) is 6.90. The molecule has 0 bridgehead atoms. The molecular weight excluding hydrogens is 506 g/mol. The third-order valence-corrected chi connectivity index (χ3v) is 6.78. The lowest BCUT2D eigenvalue weighted by atomic mass is 9.70. The molecule has 0 aromatic heterocycles. The van der Waals surface area contributed by atoms with Crippen molar-refractivity contribution in [3.63, 3.8) is 0 Å². The number of anilines is 1. The van der Waals surface area contributed by atoms with Gasteiger partial charge in [-0.3, -0.25) is 14.5 Å². The fourth-order valence-electron chi connectivity index (χ4n) is 4.44. The minimum Gasteiger partial charge on any atom is -0.426 e. The van der Waals surface area contributed by atoms with Crippen molar-refractivity contribution in [2.75, 3.05) is 26.0 Å². The van der Waals surface area contributed by atoms with Crippen LogP contribution in [0.5, 0.6) is 11.5 Å². The van der Waals surface area contributed by atoms with E-state index in [9.17, 15) is 14.4 Å². The highest BCUT2D eigenvalue weighted by Crippen LogP contribution is 2.50. The molecule has 1 aliphatic rings. The van der Waals surface area contributed by atoms with E-state index in [-0.39, 0.29) is 12.5 Å². The summed E-state index contributed by atoms with van der Waals surface area (Å²) in [7, 11) is 3.56. The topological polar surface area (TPSA) is 111 Å². The molecule has 0 saturated heterocycles. The molecule has 0 spiro atoms. The number of amides is 1. The molecule has 1 atom stereocenters. The van der Waals surface area contributed by atoms with E-state index in [0.29, 0.717) is 33.3 Å². The average Bonchev–Trinajstić information content (AvgIpc) is 3.14. The second kappa shape index (κ2) is 10.2. The lowest BCUT2D eigenvalue weighted by Crippen LogP contribution is -2.44. The number of nitrogens with one attached hydrogen (secondary N) is 1. The number of nitrogens with two attached hydrogens (primary N) is 1. The summed E-state index contributed by atoms with van der Waals surface area (Å²) in [5, 5.41) is 3.55. The lowest BCUT2D eigenvalue weighted by Gasteiger charge is -2.29. The molecule has 3 aromatic carbocycles. The Balaban J connectivity index is 1.80. The van der Waals surface area contributed by atoms with Crippen molar-refractivity contribution in [1.82, 2.24) is 4.90 Å². The van der Waals surface area contributed by atoms with E-state index < -0.39 is 22.9 Å². The van der Waals surface area contributed by atoms with Gasteiger partial charge < -0.3 is 20.5 Å². The van der Waals surface area contributed by atoms with Gasteiger partial charge in [-0.25, -0.2) is 4.79 Å². The van der Waals surface area contributed by atoms with Crippen LogP contribution in [0.3, 0.4) is 0 Å². The molecule has 198 valence electrons. The summed E-state index contributed by atoms with van der Waals surface area (Å²) < 4.78 is 10.8. The molecule has 38 heavy (non-hydrogen) atoms. The molecule has 3 aromatic rings. The number of fused-ring (bicyclic) bond motifs is 1. The Bertz CT molecular complexity index is 1400. The first-order valence-electron chi connectivity index (χ1n) is 12.0. The van der Waals surface area contributed by atoms with Crippen LogP contribution < -0.4 is 20.5 Å². The summed E-state index contributed by atoms with van der Waals surface area (Å²) in [4.78, 5) is 39.9. The van der Waals surface area contributed by atoms with Gasteiger partial charge in [-0.15, -0.1) is 0 Å². The van der Waals surface area contributed by atoms with Gasteiger partial charge in [0.1, 0.15) is 22.5 Å². The van der Waals surface area contributed by atoms with Gasteiger partial charge in [-0.1, -0.05) is 41.9 Å². The van der Waals surface area contributed by atoms with Crippen molar-refractivity contribution in [3.05, 3.63) is 87.9 Å². The minimum absolute atomic E-state index is 0.139. The van der Waals surface area contributed by atoms with E-state index in [1.165, 1.54) is 0 Å². The maximum absolute atomic E-state index is 13.8. The number of hydrogen-bond donors (Lipinski definition) is 2. The van der Waals surface area contributed by atoms with Gasteiger partial charge in [0.25, 0.3) is 0 Å². The highest BCUT2D eigenvalue weighted by molar-refractivity contribution is 6.32. The van der Waals surface area contributed by atoms with Gasteiger partial charge in [-0.2, -0.15) is 0 Å². The van der Waals surface area contributed by atoms with Crippen LogP contribution in [0.2, 0.25) is 5.02 Å². The van der Waals surface area contributed by atoms with Crippen molar-refractivity contribution in [3.8, 4) is 11.5 Å². The third-order valence-electron chi connectivity index (χ3n) is 6.37. The van der Waals surface area contributed by atoms with Gasteiger partial charge in [0, 0.05) is 10.6 Å². The normalized spacial score (nSPS) is 16.7. The first kappa shape index (κ1) is 27.3. The Morgan fingerprint density at radius 3 is 1.97 bits per heavy atom. The van der Waals surface area contributed by atoms with Gasteiger partial charge >= 0.3 is 11.9 Å². The number of ether oxygens (including phenoxy) is 2. The predicted octanol–water partition coefficient (Wildman–Crippen LogP) is 4.04. The van der Waals surface area contributed by atoms with Crippen LogP contribution >= 0.6 is 11.6 Å². The molecule has 0 radical (unpaired) electrons. The average molecular weight is 536 g/mol. The third kappa shape index (κ3) is 5.03. The molecule has 1 unspecified atom stereocenters. The molecule has 4 rings (SSSR count). The molecule has 0 fully saturated rings. The molecule has 0 saturated carbocycles. The van der Waals surface area contributed by atoms with Crippen LogP contribution in [0.15, 0.2) is 60.7 Å². The SMILES string of the molecule is Cc1c(Cl)ccc2c1NC(=O)C2(c1ccc(OC(=O)CN(C)C)cc1)c1ccc(OC(=O)C(C)(C)N)cc1. The van der Waals surface area contributed by atoms with E-state index in [1.807, 2.05) is 13.0 Å². The highest BCUT2D eigenvalue weighted by atomic mass is 35.5. The summed E-state index contributed by atoms with van der Waals surface area (Å²) >= 11 is 6.37. The number of rotatable bonds is 7. The quantitative estimate of drug-likeness (QED) is 0.347. The smallest absolute Gasteiger partial charge is 0.330 e. The Kier molecular flexibility index (Phi) is 7.34. The van der Waals surface area contributed by atoms with Gasteiger partial charge in [0.05, 0.1) is 12.2 Å². The van der Waals surface area contributed by atoms with Crippen LogP contribution in [-0.4, -0.2) is 48.9 Å². The molecule has 1 aliphatic heterocycles. The Hall–Kier alpha value is -3.72. The zero-order chi connectivity index (χ0) is 27.8. The summed E-state index contributed by atoms with van der Waals surface area (Å²) in [6.07, 6.45) is 0. The van der Waals surface area contributed by atoms with Gasteiger partial charge in [-0.05, 0) is 81.9 Å². The van der Waals surface area contributed by atoms with Gasteiger partial charge in [0.2, 0.25) is 5.91 Å². The molecule has 9 heteroatoms. The zero-order valence-corrected chi connectivity index (χ0v) is 22.7. The fourth-order valence-corrected chi connectivity index (χ4v) is 4.59. The maximum Gasteiger partial charge on any atom is 0.330 e. The number of benzene rings is 3. The molecule has 8 nitrogen and oxygen atoms in total. The second-order valence-corrected chi connectivity index (χ2v) is 10.6. The van der Waals surface area contributed by atoms with Crippen molar-refractivity contribution < 1.29 is 23.9 Å². The minimum atomic E-state index is -1.23.